The molecule has 2 aromatic rings. The fraction of sp³-hybridized carbons (Fsp3) is 0.467. The van der Waals surface area contributed by atoms with Gasteiger partial charge in [-0.05, 0) is 24.3 Å². The number of hydrogen-bond acceptors (Lipinski definition) is 5. The van der Waals surface area contributed by atoms with Crippen molar-refractivity contribution in [3.8, 4) is 11.5 Å². The van der Waals surface area contributed by atoms with Gasteiger partial charge in [0.05, 0.1) is 25.9 Å². The minimum Gasteiger partial charge on any atom is -0.497 e. The second-order valence-corrected chi connectivity index (χ2v) is 5.43. The van der Waals surface area contributed by atoms with Gasteiger partial charge in [-0.2, -0.15) is 5.10 Å². The summed E-state index contributed by atoms with van der Waals surface area (Å²) in [6, 6.07) is 6.59. The Morgan fingerprint density at radius 2 is 1.83 bits per heavy atom. The van der Waals surface area contributed by atoms with Crippen molar-refractivity contribution in [3.63, 3.8) is 0 Å². The Hall–Kier alpha value is -2.22. The first kappa shape index (κ1) is 17.1. The maximum Gasteiger partial charge on any atom is 0.219 e. The number of aromatic nitrogens is 3. The monoisotopic (exact) mass is 327 g/mol. The van der Waals surface area contributed by atoms with Gasteiger partial charge in [0, 0.05) is 0 Å². The average Bonchev–Trinajstić information content (AvgIpc) is 3.13. The summed E-state index contributed by atoms with van der Waals surface area (Å²) in [5.74, 6) is 1.03. The molecule has 1 N–H and O–H groups in total. The second kappa shape index (κ2) is 7.36. The van der Waals surface area contributed by atoms with E-state index in [9.17, 15) is 13.9 Å². The number of alkyl halides is 2. The van der Waals surface area contributed by atoms with E-state index in [-0.39, 0.29) is 0 Å². The Labute approximate surface area is 132 Å². The van der Waals surface area contributed by atoms with E-state index >= 15 is 0 Å². The molecule has 1 aromatic heterocycles. The van der Waals surface area contributed by atoms with Gasteiger partial charge in [-0.15, -0.1) is 0 Å². The van der Waals surface area contributed by atoms with Gasteiger partial charge in [0.25, 0.3) is 0 Å². The predicted molar refractivity (Wildman–Crippen MR) is 78.7 cm³/mol. The molecule has 1 aromatic carbocycles. The molecule has 0 spiro atoms. The number of aliphatic hydroxyl groups excluding tert-OH is 1. The van der Waals surface area contributed by atoms with Crippen molar-refractivity contribution in [1.29, 1.82) is 0 Å². The lowest BCUT2D eigenvalue weighted by molar-refractivity contribution is -0.0997. The van der Waals surface area contributed by atoms with E-state index in [4.69, 9.17) is 9.47 Å². The Morgan fingerprint density at radius 1 is 1.22 bits per heavy atom. The van der Waals surface area contributed by atoms with E-state index in [1.807, 2.05) is 0 Å². The van der Waals surface area contributed by atoms with E-state index < -0.39 is 31.1 Å². The van der Waals surface area contributed by atoms with E-state index in [0.717, 1.165) is 0 Å². The molecule has 2 rings (SSSR count). The number of ether oxygens (including phenoxy) is 2. The molecule has 126 valence electrons. The molecular weight excluding hydrogens is 308 g/mol. The fourth-order valence-corrected chi connectivity index (χ4v) is 1.94. The van der Waals surface area contributed by atoms with Gasteiger partial charge < -0.3 is 14.6 Å². The first-order valence-corrected chi connectivity index (χ1v) is 6.99. The standard InChI is InChI=1S/C15H19F2N3O3/c1-15(7-16,8-17)13(21)14(20-10-18-9-19-20)23-12-5-3-11(22-2)4-6-12/h3-6,9-10,13-14,21H,7-8H2,1-2H3. The topological polar surface area (TPSA) is 69.4 Å². The van der Waals surface area contributed by atoms with E-state index in [2.05, 4.69) is 10.1 Å². The number of halogens is 2. The predicted octanol–water partition coefficient (Wildman–Crippen LogP) is 2.17. The molecule has 23 heavy (non-hydrogen) atoms. The lowest BCUT2D eigenvalue weighted by Crippen LogP contribution is -2.45. The molecule has 2 unspecified atom stereocenters. The van der Waals surface area contributed by atoms with Gasteiger partial charge in [-0.25, -0.2) is 9.67 Å². The second-order valence-electron chi connectivity index (χ2n) is 5.43. The van der Waals surface area contributed by atoms with Gasteiger partial charge in [0.15, 0.2) is 0 Å². The summed E-state index contributed by atoms with van der Waals surface area (Å²) in [4.78, 5) is 3.78. The van der Waals surface area contributed by atoms with Crippen LogP contribution in [-0.4, -0.2) is 46.4 Å². The molecule has 0 aliphatic rings. The number of nitrogens with zero attached hydrogens (tertiary/aromatic N) is 3. The van der Waals surface area contributed by atoms with Crippen molar-refractivity contribution in [2.45, 2.75) is 19.3 Å². The summed E-state index contributed by atoms with van der Waals surface area (Å²) in [6.45, 7) is -0.775. The molecule has 0 radical (unpaired) electrons. The Morgan fingerprint density at radius 3 is 2.30 bits per heavy atom. The van der Waals surface area contributed by atoms with Gasteiger partial charge in [0.1, 0.15) is 30.3 Å². The lowest BCUT2D eigenvalue weighted by Gasteiger charge is -2.34. The van der Waals surface area contributed by atoms with Crippen LogP contribution in [0.5, 0.6) is 11.5 Å². The van der Waals surface area contributed by atoms with Crippen LogP contribution in [-0.2, 0) is 0 Å². The molecule has 0 aliphatic heterocycles. The first-order valence-electron chi connectivity index (χ1n) is 6.99. The highest BCUT2D eigenvalue weighted by atomic mass is 19.1. The van der Waals surface area contributed by atoms with Crippen LogP contribution in [0.25, 0.3) is 0 Å². The first-order chi connectivity index (χ1) is 11.0. The SMILES string of the molecule is COc1ccc(OC(C(O)C(C)(CF)CF)n2cncn2)cc1. The molecule has 8 heteroatoms. The summed E-state index contributed by atoms with van der Waals surface area (Å²) in [6.07, 6.45) is -0.0307. The van der Waals surface area contributed by atoms with Crippen LogP contribution in [0.4, 0.5) is 8.78 Å². The molecule has 0 fully saturated rings. The van der Waals surface area contributed by atoms with Crippen LogP contribution in [0.3, 0.4) is 0 Å². The van der Waals surface area contributed by atoms with Crippen LogP contribution in [0, 0.1) is 5.41 Å². The van der Waals surface area contributed by atoms with Crippen LogP contribution in [0.2, 0.25) is 0 Å². The van der Waals surface area contributed by atoms with Crippen molar-refractivity contribution in [2.75, 3.05) is 20.5 Å². The minimum absolute atomic E-state index is 0.394. The quantitative estimate of drug-likeness (QED) is 0.805. The number of hydrogen-bond donors (Lipinski definition) is 1. The molecule has 6 nitrogen and oxygen atoms in total. The summed E-state index contributed by atoms with van der Waals surface area (Å²) in [5.41, 5.74) is -1.61. The van der Waals surface area contributed by atoms with Gasteiger partial charge in [-0.1, -0.05) is 6.92 Å². The van der Waals surface area contributed by atoms with Crippen molar-refractivity contribution >= 4 is 0 Å². The zero-order chi connectivity index (χ0) is 16.9. The fourth-order valence-electron chi connectivity index (χ4n) is 1.94. The maximum atomic E-state index is 13.2. The zero-order valence-electron chi connectivity index (χ0n) is 12.9. The highest BCUT2D eigenvalue weighted by Gasteiger charge is 2.41. The van der Waals surface area contributed by atoms with Crippen molar-refractivity contribution in [3.05, 3.63) is 36.9 Å². The molecule has 0 bridgehead atoms. The number of benzene rings is 1. The maximum absolute atomic E-state index is 13.2. The highest BCUT2D eigenvalue weighted by Crippen LogP contribution is 2.32. The number of methoxy groups -OCH3 is 1. The third kappa shape index (κ3) is 3.76. The van der Waals surface area contributed by atoms with E-state index in [1.54, 1.807) is 24.3 Å². The van der Waals surface area contributed by atoms with E-state index in [0.29, 0.717) is 11.5 Å². The Balaban J connectivity index is 2.27. The number of aliphatic hydroxyl groups is 1. The summed E-state index contributed by atoms with van der Waals surface area (Å²) in [5, 5.41) is 14.3. The van der Waals surface area contributed by atoms with Crippen molar-refractivity contribution < 1.29 is 23.4 Å². The molecule has 1 heterocycles. The summed E-state index contributed by atoms with van der Waals surface area (Å²) in [7, 11) is 1.53. The molecule has 2 atom stereocenters. The summed E-state index contributed by atoms with van der Waals surface area (Å²) < 4.78 is 38.4. The average molecular weight is 327 g/mol. The van der Waals surface area contributed by atoms with Gasteiger partial charge in [-0.3, -0.25) is 8.78 Å². The molecular formula is C15H19F2N3O3. The van der Waals surface area contributed by atoms with E-state index in [1.165, 1.54) is 31.4 Å². The molecule has 0 saturated carbocycles. The van der Waals surface area contributed by atoms with Crippen LogP contribution in [0.1, 0.15) is 13.2 Å². The Kier molecular flexibility index (Phi) is 5.49. The largest absolute Gasteiger partial charge is 0.497 e. The summed E-state index contributed by atoms with van der Waals surface area (Å²) >= 11 is 0. The number of rotatable bonds is 8. The molecule has 0 aliphatic carbocycles. The molecule has 0 amide bonds. The molecule has 0 saturated heterocycles. The smallest absolute Gasteiger partial charge is 0.219 e. The van der Waals surface area contributed by atoms with Gasteiger partial charge in [0.2, 0.25) is 6.23 Å². The van der Waals surface area contributed by atoms with Crippen LogP contribution >= 0.6 is 0 Å². The third-order valence-electron chi connectivity index (χ3n) is 3.61. The highest BCUT2D eigenvalue weighted by molar-refractivity contribution is 5.31. The van der Waals surface area contributed by atoms with Crippen molar-refractivity contribution in [1.82, 2.24) is 14.8 Å². The van der Waals surface area contributed by atoms with Crippen LogP contribution in [0.15, 0.2) is 36.9 Å². The van der Waals surface area contributed by atoms with Gasteiger partial charge >= 0.3 is 0 Å². The normalized spacial score (nSPS) is 14.3. The minimum atomic E-state index is -1.61. The third-order valence-corrected chi connectivity index (χ3v) is 3.61. The Bertz CT molecular complexity index is 589. The zero-order valence-corrected chi connectivity index (χ0v) is 12.9. The van der Waals surface area contributed by atoms with Crippen LogP contribution < -0.4 is 9.47 Å². The van der Waals surface area contributed by atoms with Crippen molar-refractivity contribution in [2.24, 2.45) is 5.41 Å². The lowest BCUT2D eigenvalue weighted by atomic mass is 9.86.